The zero-order valence-corrected chi connectivity index (χ0v) is 9.09. The van der Waals surface area contributed by atoms with E-state index in [0.717, 1.165) is 22.6 Å². The van der Waals surface area contributed by atoms with Crippen molar-refractivity contribution in [1.29, 1.82) is 0 Å². The average molecular weight is 196 g/mol. The molecular formula is C11H16O3. The molecule has 0 N–H and O–H groups in total. The number of benzene rings is 1. The Morgan fingerprint density at radius 3 is 1.86 bits per heavy atom. The Morgan fingerprint density at radius 2 is 1.50 bits per heavy atom. The molecule has 78 valence electrons. The van der Waals surface area contributed by atoms with Crippen LogP contribution in [-0.2, 0) is 11.3 Å². The number of ether oxygens (including phenoxy) is 3. The summed E-state index contributed by atoms with van der Waals surface area (Å²) < 4.78 is 15.6. The van der Waals surface area contributed by atoms with Gasteiger partial charge in [0.1, 0.15) is 11.5 Å². The Bertz CT molecular complexity index is 282. The van der Waals surface area contributed by atoms with Gasteiger partial charge in [0.25, 0.3) is 0 Å². The first-order valence-electron chi connectivity index (χ1n) is 4.43. The van der Waals surface area contributed by atoms with Crippen molar-refractivity contribution in [2.75, 3.05) is 21.3 Å². The molecule has 0 atom stereocenters. The van der Waals surface area contributed by atoms with Crippen molar-refractivity contribution in [3.05, 3.63) is 23.3 Å². The molecule has 0 radical (unpaired) electrons. The number of methoxy groups -OCH3 is 3. The molecule has 0 amide bonds. The Kier molecular flexibility index (Phi) is 3.77. The number of hydrogen-bond donors (Lipinski definition) is 0. The molecule has 0 saturated carbocycles. The van der Waals surface area contributed by atoms with Crippen molar-refractivity contribution in [1.82, 2.24) is 0 Å². The Labute approximate surface area is 84.6 Å². The molecule has 0 aliphatic rings. The summed E-state index contributed by atoms with van der Waals surface area (Å²) >= 11 is 0. The van der Waals surface area contributed by atoms with E-state index in [0.29, 0.717) is 6.61 Å². The van der Waals surface area contributed by atoms with Gasteiger partial charge in [0.05, 0.1) is 26.4 Å². The highest BCUT2D eigenvalue weighted by Crippen LogP contribution is 2.30. The van der Waals surface area contributed by atoms with E-state index in [1.54, 1.807) is 21.3 Å². The molecule has 0 aliphatic carbocycles. The van der Waals surface area contributed by atoms with Gasteiger partial charge in [0.2, 0.25) is 0 Å². The highest BCUT2D eigenvalue weighted by Gasteiger charge is 2.10. The zero-order valence-electron chi connectivity index (χ0n) is 9.09. The van der Waals surface area contributed by atoms with Crippen molar-refractivity contribution >= 4 is 0 Å². The van der Waals surface area contributed by atoms with Crippen LogP contribution < -0.4 is 9.47 Å². The van der Waals surface area contributed by atoms with Crippen molar-refractivity contribution in [2.45, 2.75) is 13.5 Å². The van der Waals surface area contributed by atoms with E-state index >= 15 is 0 Å². The van der Waals surface area contributed by atoms with Gasteiger partial charge in [-0.1, -0.05) is 0 Å². The predicted molar refractivity (Wildman–Crippen MR) is 55.0 cm³/mol. The lowest BCUT2D eigenvalue weighted by atomic mass is 10.1. The van der Waals surface area contributed by atoms with Gasteiger partial charge in [-0.2, -0.15) is 0 Å². The molecule has 0 aromatic heterocycles. The highest BCUT2D eigenvalue weighted by atomic mass is 16.5. The lowest BCUT2D eigenvalue weighted by molar-refractivity contribution is 0.178. The molecule has 1 aromatic rings. The molecule has 3 heteroatoms. The van der Waals surface area contributed by atoms with E-state index in [4.69, 9.17) is 14.2 Å². The molecule has 0 saturated heterocycles. The molecule has 1 aromatic carbocycles. The minimum atomic E-state index is 0.493. The van der Waals surface area contributed by atoms with Gasteiger partial charge in [-0.05, 0) is 24.6 Å². The Morgan fingerprint density at radius 1 is 1.00 bits per heavy atom. The van der Waals surface area contributed by atoms with Crippen LogP contribution in [0, 0.1) is 6.92 Å². The van der Waals surface area contributed by atoms with Crippen molar-refractivity contribution < 1.29 is 14.2 Å². The number of rotatable bonds is 4. The summed E-state index contributed by atoms with van der Waals surface area (Å²) in [6.07, 6.45) is 0. The molecule has 0 spiro atoms. The van der Waals surface area contributed by atoms with Crippen LogP contribution in [0.15, 0.2) is 12.1 Å². The summed E-state index contributed by atoms with van der Waals surface area (Å²) in [6.45, 7) is 2.49. The van der Waals surface area contributed by atoms with Crippen molar-refractivity contribution in [3.8, 4) is 11.5 Å². The van der Waals surface area contributed by atoms with E-state index in [1.165, 1.54) is 0 Å². The second-order valence-corrected chi connectivity index (χ2v) is 3.08. The summed E-state index contributed by atoms with van der Waals surface area (Å²) in [6, 6.07) is 3.94. The fourth-order valence-corrected chi connectivity index (χ4v) is 1.40. The second-order valence-electron chi connectivity index (χ2n) is 3.08. The van der Waals surface area contributed by atoms with Crippen LogP contribution >= 0.6 is 0 Å². The normalized spacial score (nSPS) is 10.0. The largest absolute Gasteiger partial charge is 0.496 e. The molecule has 0 heterocycles. The van der Waals surface area contributed by atoms with Gasteiger partial charge in [-0.25, -0.2) is 0 Å². The molecule has 1 rings (SSSR count). The van der Waals surface area contributed by atoms with Gasteiger partial charge < -0.3 is 14.2 Å². The van der Waals surface area contributed by atoms with E-state index in [2.05, 4.69) is 0 Å². The van der Waals surface area contributed by atoms with E-state index in [-0.39, 0.29) is 0 Å². The van der Waals surface area contributed by atoms with E-state index < -0.39 is 0 Å². The topological polar surface area (TPSA) is 27.7 Å². The van der Waals surface area contributed by atoms with Crippen LogP contribution in [0.3, 0.4) is 0 Å². The van der Waals surface area contributed by atoms with E-state index in [9.17, 15) is 0 Å². The first kappa shape index (κ1) is 10.9. The molecule has 14 heavy (non-hydrogen) atoms. The van der Waals surface area contributed by atoms with E-state index in [1.807, 2.05) is 19.1 Å². The number of hydrogen-bond acceptors (Lipinski definition) is 3. The molecule has 0 unspecified atom stereocenters. The Balaban J connectivity index is 3.18. The van der Waals surface area contributed by atoms with Gasteiger partial charge >= 0.3 is 0 Å². The first-order chi connectivity index (χ1) is 6.72. The summed E-state index contributed by atoms with van der Waals surface area (Å²) in [4.78, 5) is 0. The summed E-state index contributed by atoms with van der Waals surface area (Å²) in [5.74, 6) is 1.62. The third-order valence-corrected chi connectivity index (χ3v) is 2.04. The minimum absolute atomic E-state index is 0.493. The van der Waals surface area contributed by atoms with Crippen LogP contribution in [0.5, 0.6) is 11.5 Å². The molecule has 0 bridgehead atoms. The standard InChI is InChI=1S/C11H16O3/c1-8-5-10(13-3)9(7-12-2)11(6-8)14-4/h5-6H,7H2,1-4H3. The summed E-state index contributed by atoms with van der Waals surface area (Å²) in [7, 11) is 4.94. The van der Waals surface area contributed by atoms with Crippen LogP contribution in [0.4, 0.5) is 0 Å². The fourth-order valence-electron chi connectivity index (χ4n) is 1.40. The molecule has 3 nitrogen and oxygen atoms in total. The van der Waals surface area contributed by atoms with Crippen LogP contribution in [-0.4, -0.2) is 21.3 Å². The predicted octanol–water partition coefficient (Wildman–Crippen LogP) is 2.16. The van der Waals surface area contributed by atoms with Crippen molar-refractivity contribution in [2.24, 2.45) is 0 Å². The fraction of sp³-hybridized carbons (Fsp3) is 0.455. The number of aryl methyl sites for hydroxylation is 1. The monoisotopic (exact) mass is 196 g/mol. The van der Waals surface area contributed by atoms with Gasteiger partial charge in [-0.3, -0.25) is 0 Å². The van der Waals surface area contributed by atoms with Crippen LogP contribution in [0.2, 0.25) is 0 Å². The summed E-state index contributed by atoms with van der Waals surface area (Å²) in [5.41, 5.74) is 2.06. The molecular weight excluding hydrogens is 180 g/mol. The lowest BCUT2D eigenvalue weighted by Crippen LogP contribution is -1.99. The second kappa shape index (κ2) is 4.86. The average Bonchev–Trinajstić information content (AvgIpc) is 2.20. The highest BCUT2D eigenvalue weighted by molar-refractivity contribution is 5.47. The van der Waals surface area contributed by atoms with Crippen molar-refractivity contribution in [3.63, 3.8) is 0 Å². The molecule has 0 aliphatic heterocycles. The summed E-state index contributed by atoms with van der Waals surface area (Å²) in [5, 5.41) is 0. The van der Waals surface area contributed by atoms with Crippen LogP contribution in [0.25, 0.3) is 0 Å². The third-order valence-electron chi connectivity index (χ3n) is 2.04. The maximum absolute atomic E-state index is 5.26. The van der Waals surface area contributed by atoms with Crippen LogP contribution in [0.1, 0.15) is 11.1 Å². The first-order valence-corrected chi connectivity index (χ1v) is 4.43. The molecule has 0 fully saturated rings. The third kappa shape index (κ3) is 2.17. The minimum Gasteiger partial charge on any atom is -0.496 e. The Hall–Kier alpha value is -1.22. The smallest absolute Gasteiger partial charge is 0.128 e. The van der Waals surface area contributed by atoms with Gasteiger partial charge in [0.15, 0.2) is 0 Å². The maximum Gasteiger partial charge on any atom is 0.128 e. The zero-order chi connectivity index (χ0) is 10.6. The lowest BCUT2D eigenvalue weighted by Gasteiger charge is -2.13. The SMILES string of the molecule is COCc1c(OC)cc(C)cc1OC. The quantitative estimate of drug-likeness (QED) is 0.738. The van der Waals surface area contributed by atoms with Gasteiger partial charge in [0, 0.05) is 7.11 Å². The van der Waals surface area contributed by atoms with Gasteiger partial charge in [-0.15, -0.1) is 0 Å². The maximum atomic E-state index is 5.26.